The van der Waals surface area contributed by atoms with Gasteiger partial charge < -0.3 is 14.5 Å². The molecule has 1 amide bonds. The lowest BCUT2D eigenvalue weighted by Crippen LogP contribution is -2.15. The number of ether oxygens (including phenoxy) is 1. The van der Waals surface area contributed by atoms with E-state index in [-0.39, 0.29) is 16.5 Å². The van der Waals surface area contributed by atoms with Gasteiger partial charge in [-0.2, -0.15) is 0 Å². The third kappa shape index (κ3) is 4.73. The summed E-state index contributed by atoms with van der Waals surface area (Å²) in [6.07, 6.45) is 0. The Kier molecular flexibility index (Phi) is 5.83. The molecule has 4 aromatic rings. The number of aryl methyl sites for hydroxylation is 1. The highest BCUT2D eigenvalue weighted by Crippen LogP contribution is 2.22. The predicted octanol–water partition coefficient (Wildman–Crippen LogP) is 4.59. The van der Waals surface area contributed by atoms with E-state index in [1.165, 1.54) is 18.2 Å². The molecule has 0 aliphatic rings. The van der Waals surface area contributed by atoms with Crippen molar-refractivity contribution in [1.29, 1.82) is 0 Å². The van der Waals surface area contributed by atoms with Crippen LogP contribution in [-0.2, 0) is 10.0 Å². The maximum Gasteiger partial charge on any atom is 0.261 e. The van der Waals surface area contributed by atoms with E-state index in [0.717, 1.165) is 0 Å². The highest BCUT2D eigenvalue weighted by Gasteiger charge is 2.16. The summed E-state index contributed by atoms with van der Waals surface area (Å²) in [4.78, 5) is 17.0. The first-order valence-corrected chi connectivity index (χ1v) is 11.4. The van der Waals surface area contributed by atoms with Crippen molar-refractivity contribution in [2.75, 3.05) is 16.6 Å². The van der Waals surface area contributed by atoms with E-state index in [9.17, 15) is 13.2 Å². The molecule has 0 spiro atoms. The van der Waals surface area contributed by atoms with Gasteiger partial charge in [0.15, 0.2) is 11.5 Å². The lowest BCUT2D eigenvalue weighted by Gasteiger charge is -2.11. The first kappa shape index (κ1) is 21.4. The lowest BCUT2D eigenvalue weighted by molar-refractivity contribution is 0.102. The van der Waals surface area contributed by atoms with Crippen molar-refractivity contribution < 1.29 is 22.4 Å². The summed E-state index contributed by atoms with van der Waals surface area (Å²) in [6.45, 7) is 4.09. The first-order valence-electron chi connectivity index (χ1n) is 9.88. The Morgan fingerprint density at radius 2 is 1.81 bits per heavy atom. The van der Waals surface area contributed by atoms with E-state index < -0.39 is 10.0 Å². The van der Waals surface area contributed by atoms with Crippen LogP contribution in [0, 0.1) is 6.92 Å². The van der Waals surface area contributed by atoms with Gasteiger partial charge in [0.1, 0.15) is 11.3 Å². The van der Waals surface area contributed by atoms with Gasteiger partial charge in [-0.3, -0.25) is 9.52 Å². The standard InChI is InChI=1S/C23H21N3O5S/c1-3-30-19-8-10-20(11-9-19)32(28,29)26-18-6-4-5-16(13-18)23(27)25-17-7-12-22-21(14-17)24-15(2)31-22/h4-14,26H,3H2,1-2H3,(H,25,27). The molecular weight excluding hydrogens is 430 g/mol. The van der Waals surface area contributed by atoms with Crippen molar-refractivity contribution in [3.05, 3.63) is 78.2 Å². The van der Waals surface area contributed by atoms with E-state index in [1.807, 2.05) is 6.92 Å². The summed E-state index contributed by atoms with van der Waals surface area (Å²) in [5.41, 5.74) is 2.39. The van der Waals surface area contributed by atoms with Gasteiger partial charge in [0, 0.05) is 23.9 Å². The second-order valence-electron chi connectivity index (χ2n) is 6.96. The van der Waals surface area contributed by atoms with Gasteiger partial charge >= 0.3 is 0 Å². The summed E-state index contributed by atoms with van der Waals surface area (Å²) in [5, 5.41) is 2.79. The van der Waals surface area contributed by atoms with E-state index in [1.54, 1.807) is 55.5 Å². The molecular formula is C23H21N3O5S. The second-order valence-corrected chi connectivity index (χ2v) is 8.64. The van der Waals surface area contributed by atoms with E-state index in [2.05, 4.69) is 15.0 Å². The molecule has 0 aliphatic carbocycles. The SMILES string of the molecule is CCOc1ccc(S(=O)(=O)Nc2cccc(C(=O)Nc3ccc4oc(C)nc4c3)c2)cc1. The molecule has 2 N–H and O–H groups in total. The monoisotopic (exact) mass is 451 g/mol. The van der Waals surface area contributed by atoms with Crippen molar-refractivity contribution in [2.45, 2.75) is 18.7 Å². The predicted molar refractivity (Wildman–Crippen MR) is 122 cm³/mol. The highest BCUT2D eigenvalue weighted by molar-refractivity contribution is 7.92. The number of rotatable bonds is 7. The zero-order valence-corrected chi connectivity index (χ0v) is 18.3. The molecule has 9 heteroatoms. The average molecular weight is 452 g/mol. The smallest absolute Gasteiger partial charge is 0.261 e. The number of hydrogen-bond donors (Lipinski definition) is 2. The van der Waals surface area contributed by atoms with Gasteiger partial charge in [-0.1, -0.05) is 6.07 Å². The van der Waals surface area contributed by atoms with Crippen molar-refractivity contribution in [3.8, 4) is 5.75 Å². The Morgan fingerprint density at radius 3 is 2.56 bits per heavy atom. The van der Waals surface area contributed by atoms with Crippen LogP contribution in [0.15, 0.2) is 76.0 Å². The Morgan fingerprint density at radius 1 is 1.03 bits per heavy atom. The number of aromatic nitrogens is 1. The molecule has 4 rings (SSSR count). The van der Waals surface area contributed by atoms with Crippen LogP contribution in [0.1, 0.15) is 23.2 Å². The molecule has 164 valence electrons. The number of fused-ring (bicyclic) bond motifs is 1. The van der Waals surface area contributed by atoms with Gasteiger partial charge in [0.05, 0.1) is 11.5 Å². The zero-order chi connectivity index (χ0) is 22.7. The maximum atomic E-state index is 12.7. The maximum absolute atomic E-state index is 12.7. The van der Waals surface area contributed by atoms with E-state index >= 15 is 0 Å². The van der Waals surface area contributed by atoms with Crippen molar-refractivity contribution >= 4 is 38.4 Å². The molecule has 32 heavy (non-hydrogen) atoms. The fourth-order valence-corrected chi connectivity index (χ4v) is 4.19. The lowest BCUT2D eigenvalue weighted by atomic mass is 10.2. The molecule has 0 saturated heterocycles. The van der Waals surface area contributed by atoms with Gasteiger partial charge in [0.2, 0.25) is 0 Å². The summed E-state index contributed by atoms with van der Waals surface area (Å²) in [7, 11) is -3.82. The summed E-state index contributed by atoms with van der Waals surface area (Å²) in [5.74, 6) is 0.742. The largest absolute Gasteiger partial charge is 0.494 e. The fourth-order valence-electron chi connectivity index (χ4n) is 3.14. The Labute approximate surface area is 185 Å². The molecule has 8 nitrogen and oxygen atoms in total. The van der Waals surface area contributed by atoms with Gasteiger partial charge in [-0.25, -0.2) is 13.4 Å². The number of carbonyl (C=O) groups excluding carboxylic acids is 1. The number of benzene rings is 3. The first-order chi connectivity index (χ1) is 15.3. The molecule has 0 atom stereocenters. The third-order valence-electron chi connectivity index (χ3n) is 4.57. The summed E-state index contributed by atoms with van der Waals surface area (Å²) in [6, 6.07) is 17.5. The van der Waals surface area contributed by atoms with Crippen molar-refractivity contribution in [1.82, 2.24) is 4.98 Å². The van der Waals surface area contributed by atoms with Crippen LogP contribution in [0.4, 0.5) is 11.4 Å². The summed E-state index contributed by atoms with van der Waals surface area (Å²) >= 11 is 0. The Balaban J connectivity index is 1.49. The number of oxazole rings is 1. The molecule has 0 aliphatic heterocycles. The fraction of sp³-hybridized carbons (Fsp3) is 0.130. The molecule has 0 bridgehead atoms. The number of carbonyl (C=O) groups is 1. The van der Waals surface area contributed by atoms with E-state index in [4.69, 9.17) is 9.15 Å². The normalized spacial score (nSPS) is 11.3. The van der Waals surface area contributed by atoms with Crippen molar-refractivity contribution in [3.63, 3.8) is 0 Å². The summed E-state index contributed by atoms with van der Waals surface area (Å²) < 4.78 is 38.7. The van der Waals surface area contributed by atoms with Crippen molar-refractivity contribution in [2.24, 2.45) is 0 Å². The quantitative estimate of drug-likeness (QED) is 0.425. The average Bonchev–Trinajstić information content (AvgIpc) is 3.13. The van der Waals surface area contributed by atoms with Crippen LogP contribution in [0.3, 0.4) is 0 Å². The van der Waals surface area contributed by atoms with Gasteiger partial charge in [-0.05, 0) is 67.6 Å². The Bertz CT molecular complexity index is 1380. The number of sulfonamides is 1. The van der Waals surface area contributed by atoms with Gasteiger partial charge in [0.25, 0.3) is 15.9 Å². The number of nitrogens with one attached hydrogen (secondary N) is 2. The minimum atomic E-state index is -3.82. The minimum absolute atomic E-state index is 0.0898. The molecule has 0 unspecified atom stereocenters. The molecule has 0 fully saturated rings. The molecule has 1 aromatic heterocycles. The zero-order valence-electron chi connectivity index (χ0n) is 17.5. The van der Waals surface area contributed by atoms with Crippen LogP contribution in [0.5, 0.6) is 5.75 Å². The number of hydrogen-bond acceptors (Lipinski definition) is 6. The third-order valence-corrected chi connectivity index (χ3v) is 5.97. The van der Waals surface area contributed by atoms with Crippen LogP contribution in [0.25, 0.3) is 11.1 Å². The van der Waals surface area contributed by atoms with Gasteiger partial charge in [-0.15, -0.1) is 0 Å². The van der Waals surface area contributed by atoms with E-state index in [0.29, 0.717) is 40.6 Å². The number of amides is 1. The molecule has 3 aromatic carbocycles. The molecule has 0 saturated carbocycles. The van der Waals surface area contributed by atoms with Crippen LogP contribution < -0.4 is 14.8 Å². The van der Waals surface area contributed by atoms with Crippen LogP contribution >= 0.6 is 0 Å². The van der Waals surface area contributed by atoms with Crippen LogP contribution in [0.2, 0.25) is 0 Å². The number of anilines is 2. The Hall–Kier alpha value is -3.85. The number of nitrogens with zero attached hydrogens (tertiary/aromatic N) is 1. The van der Waals surface area contributed by atoms with Crippen LogP contribution in [-0.4, -0.2) is 25.9 Å². The molecule has 0 radical (unpaired) electrons. The highest BCUT2D eigenvalue weighted by atomic mass is 32.2. The topological polar surface area (TPSA) is 111 Å². The minimum Gasteiger partial charge on any atom is -0.494 e. The molecule has 1 heterocycles. The second kappa shape index (κ2) is 8.72.